The summed E-state index contributed by atoms with van der Waals surface area (Å²) < 4.78 is 5.51. The van der Waals surface area contributed by atoms with Crippen molar-refractivity contribution in [3.05, 3.63) is 0 Å². The highest BCUT2D eigenvalue weighted by Gasteiger charge is 2.25. The van der Waals surface area contributed by atoms with E-state index in [1.807, 2.05) is 13.8 Å². The monoisotopic (exact) mass is 284 g/mol. The van der Waals surface area contributed by atoms with Crippen LogP contribution in [-0.4, -0.2) is 42.6 Å². The lowest BCUT2D eigenvalue weighted by Gasteiger charge is -2.32. The fourth-order valence-electron chi connectivity index (χ4n) is 2.49. The molecule has 0 aromatic rings. The molecular weight excluding hydrogens is 252 g/mol. The first kappa shape index (κ1) is 17.4. The van der Waals surface area contributed by atoms with Gasteiger partial charge in [-0.15, -0.1) is 0 Å². The van der Waals surface area contributed by atoms with Gasteiger partial charge in [0.1, 0.15) is 12.1 Å². The number of likely N-dealkylation sites (tertiary alicyclic amines) is 1. The van der Waals surface area contributed by atoms with E-state index in [0.717, 1.165) is 31.8 Å². The van der Waals surface area contributed by atoms with Crippen molar-refractivity contribution in [1.82, 2.24) is 4.90 Å². The predicted octanol–water partition coefficient (Wildman–Crippen LogP) is 2.41. The highest BCUT2D eigenvalue weighted by molar-refractivity contribution is 5.75. The lowest BCUT2D eigenvalue weighted by Crippen LogP contribution is -2.43. The Hall–Kier alpha value is -0.610. The van der Waals surface area contributed by atoms with Crippen LogP contribution in [0, 0.1) is 11.8 Å². The summed E-state index contributed by atoms with van der Waals surface area (Å²) in [6.45, 7) is 11.7. The maximum atomic E-state index is 11.8. The molecule has 1 fully saturated rings. The van der Waals surface area contributed by atoms with Crippen molar-refractivity contribution in [2.45, 2.75) is 65.5 Å². The molecule has 0 spiro atoms. The molecule has 1 rings (SSSR count). The van der Waals surface area contributed by atoms with Crippen molar-refractivity contribution in [2.24, 2.45) is 17.6 Å². The molecule has 1 atom stereocenters. The molecule has 0 bridgehead atoms. The van der Waals surface area contributed by atoms with Crippen LogP contribution in [0.2, 0.25) is 0 Å². The summed E-state index contributed by atoms with van der Waals surface area (Å²) >= 11 is 0. The Morgan fingerprint density at radius 3 is 2.35 bits per heavy atom. The summed E-state index contributed by atoms with van der Waals surface area (Å²) in [5.74, 6) is 0.683. The molecule has 118 valence electrons. The van der Waals surface area contributed by atoms with E-state index < -0.39 is 6.04 Å². The summed E-state index contributed by atoms with van der Waals surface area (Å²) in [6, 6.07) is -0.487. The molecule has 0 aromatic heterocycles. The molecule has 0 saturated carbocycles. The average molecular weight is 284 g/mol. The zero-order valence-electron chi connectivity index (χ0n) is 13.6. The van der Waals surface area contributed by atoms with Gasteiger partial charge in [0.2, 0.25) is 0 Å². The van der Waals surface area contributed by atoms with E-state index in [4.69, 9.17) is 10.5 Å². The number of piperidine rings is 1. The minimum absolute atomic E-state index is 0.0636. The van der Waals surface area contributed by atoms with Crippen LogP contribution in [0.15, 0.2) is 0 Å². The molecule has 20 heavy (non-hydrogen) atoms. The maximum absolute atomic E-state index is 11.8. The van der Waals surface area contributed by atoms with Crippen molar-refractivity contribution in [1.29, 1.82) is 0 Å². The molecule has 0 aromatic carbocycles. The fourth-order valence-corrected chi connectivity index (χ4v) is 2.49. The summed E-state index contributed by atoms with van der Waals surface area (Å²) in [7, 11) is 0. The van der Waals surface area contributed by atoms with Crippen molar-refractivity contribution in [3.8, 4) is 0 Å². The Morgan fingerprint density at radius 1 is 1.25 bits per heavy atom. The van der Waals surface area contributed by atoms with Crippen molar-refractivity contribution in [2.75, 3.05) is 19.6 Å². The molecule has 4 nitrogen and oxygen atoms in total. The Bertz CT molecular complexity index is 284. The van der Waals surface area contributed by atoms with E-state index >= 15 is 0 Å². The number of carbonyl (C=O) groups excluding carboxylic acids is 1. The Balaban J connectivity index is 2.20. The topological polar surface area (TPSA) is 55.6 Å². The van der Waals surface area contributed by atoms with Crippen LogP contribution in [0.3, 0.4) is 0 Å². The predicted molar refractivity (Wildman–Crippen MR) is 82.4 cm³/mol. The molecule has 0 amide bonds. The second kappa shape index (κ2) is 8.63. The fraction of sp³-hybridized carbons (Fsp3) is 0.938. The third kappa shape index (κ3) is 6.23. The number of nitrogens with two attached hydrogens (primary N) is 1. The van der Waals surface area contributed by atoms with Crippen molar-refractivity contribution < 1.29 is 9.53 Å². The molecule has 2 N–H and O–H groups in total. The van der Waals surface area contributed by atoms with E-state index in [0.29, 0.717) is 0 Å². The SMILES string of the molecule is CC(C)CCCN1CCC(OC(=O)[C@@H](N)C(C)C)CC1. The van der Waals surface area contributed by atoms with Gasteiger partial charge in [0, 0.05) is 13.1 Å². The number of ether oxygens (including phenoxy) is 1. The van der Waals surface area contributed by atoms with Crippen LogP contribution in [0.25, 0.3) is 0 Å². The van der Waals surface area contributed by atoms with Gasteiger partial charge in [-0.2, -0.15) is 0 Å². The molecule has 1 saturated heterocycles. The summed E-state index contributed by atoms with van der Waals surface area (Å²) in [6.07, 6.45) is 4.50. The Morgan fingerprint density at radius 2 is 1.85 bits per heavy atom. The highest BCUT2D eigenvalue weighted by Crippen LogP contribution is 2.16. The number of nitrogens with zero attached hydrogens (tertiary/aromatic N) is 1. The van der Waals surface area contributed by atoms with Gasteiger partial charge in [-0.05, 0) is 44.1 Å². The van der Waals surface area contributed by atoms with Gasteiger partial charge >= 0.3 is 5.97 Å². The molecule has 4 heteroatoms. The van der Waals surface area contributed by atoms with Gasteiger partial charge in [-0.1, -0.05) is 27.7 Å². The lowest BCUT2D eigenvalue weighted by molar-refractivity contribution is -0.153. The molecule has 0 aliphatic carbocycles. The summed E-state index contributed by atoms with van der Waals surface area (Å²) in [5.41, 5.74) is 5.81. The van der Waals surface area contributed by atoms with Crippen LogP contribution >= 0.6 is 0 Å². The van der Waals surface area contributed by atoms with Gasteiger partial charge < -0.3 is 15.4 Å². The van der Waals surface area contributed by atoms with Crippen LogP contribution < -0.4 is 5.73 Å². The quantitative estimate of drug-likeness (QED) is 0.729. The second-order valence-electron chi connectivity index (χ2n) is 6.78. The van der Waals surface area contributed by atoms with E-state index in [1.54, 1.807) is 0 Å². The number of carbonyl (C=O) groups is 1. The van der Waals surface area contributed by atoms with E-state index in [9.17, 15) is 4.79 Å². The standard InChI is InChI=1S/C16H32N2O2/c1-12(2)6-5-9-18-10-7-14(8-11-18)20-16(19)15(17)13(3)4/h12-15H,5-11,17H2,1-4H3/t15-/m0/s1. The smallest absolute Gasteiger partial charge is 0.323 e. The third-order valence-electron chi connectivity index (χ3n) is 4.06. The first-order chi connectivity index (χ1) is 9.40. The molecule has 1 heterocycles. The van der Waals surface area contributed by atoms with Gasteiger partial charge in [0.15, 0.2) is 0 Å². The van der Waals surface area contributed by atoms with E-state index in [1.165, 1.54) is 19.4 Å². The van der Waals surface area contributed by atoms with Gasteiger partial charge in [-0.3, -0.25) is 4.79 Å². The highest BCUT2D eigenvalue weighted by atomic mass is 16.5. The zero-order chi connectivity index (χ0) is 15.1. The Labute approximate surface area is 124 Å². The number of rotatable bonds is 7. The largest absolute Gasteiger partial charge is 0.461 e. The maximum Gasteiger partial charge on any atom is 0.323 e. The molecule has 0 unspecified atom stereocenters. The summed E-state index contributed by atoms with van der Waals surface area (Å²) in [4.78, 5) is 14.3. The normalized spacial score (nSPS) is 19.6. The summed E-state index contributed by atoms with van der Waals surface area (Å²) in [5, 5.41) is 0. The molecule has 1 aliphatic heterocycles. The number of hydrogen-bond acceptors (Lipinski definition) is 4. The molecule has 1 aliphatic rings. The van der Waals surface area contributed by atoms with Gasteiger partial charge in [0.25, 0.3) is 0 Å². The van der Waals surface area contributed by atoms with Crippen molar-refractivity contribution in [3.63, 3.8) is 0 Å². The first-order valence-electron chi connectivity index (χ1n) is 8.08. The average Bonchev–Trinajstić information content (AvgIpc) is 2.39. The molecular formula is C16H32N2O2. The van der Waals surface area contributed by atoms with Gasteiger partial charge in [-0.25, -0.2) is 0 Å². The van der Waals surface area contributed by atoms with E-state index in [2.05, 4.69) is 18.7 Å². The number of esters is 1. The van der Waals surface area contributed by atoms with Crippen molar-refractivity contribution >= 4 is 5.97 Å². The third-order valence-corrected chi connectivity index (χ3v) is 4.06. The van der Waals surface area contributed by atoms with Gasteiger partial charge in [0.05, 0.1) is 0 Å². The minimum atomic E-state index is -0.487. The minimum Gasteiger partial charge on any atom is -0.461 e. The Kier molecular flexibility index (Phi) is 7.52. The van der Waals surface area contributed by atoms with E-state index in [-0.39, 0.29) is 18.0 Å². The zero-order valence-corrected chi connectivity index (χ0v) is 13.6. The first-order valence-corrected chi connectivity index (χ1v) is 8.08. The lowest BCUT2D eigenvalue weighted by atomic mass is 10.0. The van der Waals surface area contributed by atoms with Crippen LogP contribution in [-0.2, 0) is 9.53 Å². The van der Waals surface area contributed by atoms with Crippen LogP contribution in [0.5, 0.6) is 0 Å². The van der Waals surface area contributed by atoms with Crippen LogP contribution in [0.4, 0.5) is 0 Å². The molecule has 0 radical (unpaired) electrons. The van der Waals surface area contributed by atoms with Crippen LogP contribution in [0.1, 0.15) is 53.4 Å². The number of hydrogen-bond donors (Lipinski definition) is 1. The second-order valence-corrected chi connectivity index (χ2v) is 6.78.